The Morgan fingerprint density at radius 2 is 1.83 bits per heavy atom. The molecule has 210 valence electrons. The quantitative estimate of drug-likeness (QED) is 0.281. The maximum absolute atomic E-state index is 14.3. The Kier molecular flexibility index (Phi) is 7.03. The lowest BCUT2D eigenvalue weighted by Gasteiger charge is -2.37. The summed E-state index contributed by atoms with van der Waals surface area (Å²) >= 11 is 6.14. The number of halogens is 2. The molecule has 9 heteroatoms. The van der Waals surface area contributed by atoms with E-state index in [0.29, 0.717) is 18.4 Å². The highest BCUT2D eigenvalue weighted by atomic mass is 35.5. The van der Waals surface area contributed by atoms with Gasteiger partial charge in [0.05, 0.1) is 6.04 Å². The van der Waals surface area contributed by atoms with Gasteiger partial charge in [0.15, 0.2) is 0 Å². The van der Waals surface area contributed by atoms with E-state index in [9.17, 15) is 18.8 Å². The third kappa shape index (κ3) is 4.76. The van der Waals surface area contributed by atoms with E-state index in [0.717, 1.165) is 27.7 Å². The number of carbonyl (C=O) groups excluding carboxylic acids is 3. The van der Waals surface area contributed by atoms with E-state index in [1.165, 1.54) is 12.1 Å². The minimum Gasteiger partial charge on any atom is -0.356 e. The number of carbonyl (C=O) groups is 3. The van der Waals surface area contributed by atoms with Crippen LogP contribution in [0.1, 0.15) is 59.1 Å². The number of nitrogens with zero attached hydrogens (tertiary/aromatic N) is 1. The summed E-state index contributed by atoms with van der Waals surface area (Å²) in [6.45, 7) is 3.80. The summed E-state index contributed by atoms with van der Waals surface area (Å²) in [5.41, 5.74) is 4.44. The van der Waals surface area contributed by atoms with Crippen molar-refractivity contribution in [3.63, 3.8) is 0 Å². The first-order valence-corrected chi connectivity index (χ1v) is 14.1. The third-order valence-corrected chi connectivity index (χ3v) is 8.35. The molecule has 3 atom stereocenters. The van der Waals surface area contributed by atoms with Crippen LogP contribution >= 0.6 is 11.6 Å². The van der Waals surface area contributed by atoms with E-state index < -0.39 is 35.8 Å². The van der Waals surface area contributed by atoms with E-state index in [-0.39, 0.29) is 29.0 Å². The first-order valence-electron chi connectivity index (χ1n) is 13.8. The van der Waals surface area contributed by atoms with Gasteiger partial charge in [0, 0.05) is 45.7 Å². The number of benzene rings is 3. The van der Waals surface area contributed by atoms with Crippen LogP contribution in [0.25, 0.3) is 10.9 Å². The van der Waals surface area contributed by atoms with Gasteiger partial charge in [0.25, 0.3) is 5.91 Å². The summed E-state index contributed by atoms with van der Waals surface area (Å²) in [6, 6.07) is 17.5. The van der Waals surface area contributed by atoms with Crippen molar-refractivity contribution < 1.29 is 18.8 Å². The van der Waals surface area contributed by atoms with E-state index in [4.69, 9.17) is 11.6 Å². The Morgan fingerprint density at radius 3 is 2.61 bits per heavy atom. The smallest absolute Gasteiger partial charge is 0.255 e. The molecule has 2 aliphatic heterocycles. The van der Waals surface area contributed by atoms with Gasteiger partial charge in [0.1, 0.15) is 17.9 Å². The molecule has 0 aliphatic carbocycles. The van der Waals surface area contributed by atoms with Gasteiger partial charge < -0.3 is 20.5 Å². The van der Waals surface area contributed by atoms with Crippen molar-refractivity contribution in [1.82, 2.24) is 20.5 Å². The molecule has 0 saturated carbocycles. The minimum atomic E-state index is -0.879. The van der Waals surface area contributed by atoms with Gasteiger partial charge in [0.2, 0.25) is 11.8 Å². The summed E-state index contributed by atoms with van der Waals surface area (Å²) in [4.78, 5) is 46.2. The molecule has 0 spiro atoms. The number of hydrogen-bond acceptors (Lipinski definition) is 3. The van der Waals surface area contributed by atoms with Crippen molar-refractivity contribution in [3.05, 3.63) is 106 Å². The molecule has 3 N–H and O–H groups in total. The fourth-order valence-corrected chi connectivity index (χ4v) is 6.34. The second-order valence-electron chi connectivity index (χ2n) is 11.1. The van der Waals surface area contributed by atoms with Crippen molar-refractivity contribution in [2.75, 3.05) is 0 Å². The zero-order valence-electron chi connectivity index (χ0n) is 22.7. The lowest BCUT2D eigenvalue weighted by atomic mass is 9.89. The molecule has 1 unspecified atom stereocenters. The molecule has 0 radical (unpaired) electrons. The van der Waals surface area contributed by atoms with Gasteiger partial charge in [-0.15, -0.1) is 0 Å². The van der Waals surface area contributed by atoms with Crippen LogP contribution in [0.2, 0.25) is 5.02 Å². The van der Waals surface area contributed by atoms with Gasteiger partial charge >= 0.3 is 0 Å². The third-order valence-electron chi connectivity index (χ3n) is 8.00. The molecule has 3 heterocycles. The van der Waals surface area contributed by atoms with E-state index in [1.54, 1.807) is 17.0 Å². The van der Waals surface area contributed by atoms with Gasteiger partial charge in [-0.3, -0.25) is 14.4 Å². The maximum atomic E-state index is 14.3. The van der Waals surface area contributed by atoms with E-state index in [2.05, 4.69) is 15.6 Å². The maximum Gasteiger partial charge on any atom is 0.255 e. The molecule has 3 amide bonds. The Bertz CT molecular complexity index is 1660. The molecular formula is C32H30ClFN4O3. The number of fused-ring (bicyclic) bond motifs is 7. The highest BCUT2D eigenvalue weighted by Crippen LogP contribution is 2.46. The number of aromatic amines is 1. The second-order valence-corrected chi connectivity index (χ2v) is 11.5. The normalized spacial score (nSPS) is 18.2. The fraction of sp³-hybridized carbons (Fsp3) is 0.281. The predicted molar refractivity (Wildman–Crippen MR) is 155 cm³/mol. The fourth-order valence-electron chi connectivity index (χ4n) is 6.11. The number of hydrogen-bond donors (Lipinski definition) is 3. The predicted octanol–water partition coefficient (Wildman–Crippen LogP) is 5.28. The number of aromatic nitrogens is 1. The second kappa shape index (κ2) is 10.7. The van der Waals surface area contributed by atoms with Crippen LogP contribution in [-0.4, -0.2) is 39.7 Å². The first-order chi connectivity index (χ1) is 19.7. The summed E-state index contributed by atoms with van der Waals surface area (Å²) in [5.74, 6) is -1.49. The zero-order chi connectivity index (χ0) is 28.8. The van der Waals surface area contributed by atoms with Crippen LogP contribution in [0, 0.1) is 11.7 Å². The summed E-state index contributed by atoms with van der Waals surface area (Å²) in [5, 5.41) is 6.89. The van der Waals surface area contributed by atoms with Crippen LogP contribution in [0.5, 0.6) is 0 Å². The Hall–Kier alpha value is -4.17. The van der Waals surface area contributed by atoms with E-state index in [1.807, 2.05) is 56.3 Å². The summed E-state index contributed by atoms with van der Waals surface area (Å²) in [6.07, 6.45) is 0.674. The molecule has 0 saturated heterocycles. The summed E-state index contributed by atoms with van der Waals surface area (Å²) in [7, 11) is 0. The highest BCUT2D eigenvalue weighted by Gasteiger charge is 2.49. The number of amides is 3. The monoisotopic (exact) mass is 572 g/mol. The van der Waals surface area contributed by atoms with Crippen molar-refractivity contribution in [3.8, 4) is 0 Å². The number of nitrogens with one attached hydrogen (secondary N) is 3. The molecule has 41 heavy (non-hydrogen) atoms. The molecule has 7 nitrogen and oxygen atoms in total. The molecule has 0 bridgehead atoms. The van der Waals surface area contributed by atoms with Gasteiger partial charge in [-0.05, 0) is 47.7 Å². The molecule has 0 fully saturated rings. The highest BCUT2D eigenvalue weighted by molar-refractivity contribution is 6.31. The van der Waals surface area contributed by atoms with Crippen LogP contribution in [0.15, 0.2) is 66.7 Å². The molecule has 1 aromatic heterocycles. The van der Waals surface area contributed by atoms with Crippen LogP contribution in [0.3, 0.4) is 0 Å². The van der Waals surface area contributed by atoms with E-state index >= 15 is 0 Å². The average Bonchev–Trinajstić information content (AvgIpc) is 3.47. The van der Waals surface area contributed by atoms with Crippen molar-refractivity contribution in [2.45, 2.75) is 51.4 Å². The first kappa shape index (κ1) is 27.0. The largest absolute Gasteiger partial charge is 0.356 e. The lowest BCUT2D eigenvalue weighted by molar-refractivity contribution is -0.132. The number of rotatable bonds is 7. The molecular weight excluding hydrogens is 543 g/mol. The summed E-state index contributed by atoms with van der Waals surface area (Å²) < 4.78 is 14.3. The van der Waals surface area contributed by atoms with Crippen molar-refractivity contribution in [1.29, 1.82) is 0 Å². The lowest BCUT2D eigenvalue weighted by Crippen LogP contribution is -2.56. The number of H-pyrrole nitrogens is 1. The van der Waals surface area contributed by atoms with Crippen LogP contribution in [-0.2, 0) is 22.6 Å². The average molecular weight is 573 g/mol. The van der Waals surface area contributed by atoms with Crippen molar-refractivity contribution in [2.24, 2.45) is 5.92 Å². The number of para-hydroxylation sites is 1. The van der Waals surface area contributed by atoms with Crippen LogP contribution < -0.4 is 10.6 Å². The zero-order valence-corrected chi connectivity index (χ0v) is 23.5. The van der Waals surface area contributed by atoms with Gasteiger partial charge in [-0.1, -0.05) is 67.9 Å². The SMILES string of the molecule is CC(C)C[C@H](NC(=O)[C@@H]1Cc2c([nH]c3ccccc23)C2c3ccccc3C(=O)N21)C(=O)NCc1c(F)cccc1Cl. The Morgan fingerprint density at radius 1 is 1.07 bits per heavy atom. The van der Waals surface area contributed by atoms with Gasteiger partial charge in [-0.2, -0.15) is 0 Å². The molecule has 4 aromatic rings. The molecule has 6 rings (SSSR count). The standard InChI is InChI=1S/C32H30ClFN4O3/c1-17(2)14-26(30(39)35-16-22-23(33)11-7-12-24(22)34)37-31(40)27-15-21-18-8-5-6-13-25(18)36-28(21)29-19-9-3-4-10-20(19)32(41)38(27)29/h3-13,17,26-27,29,36H,14-16H2,1-2H3,(H,35,39)(H,37,40)/t26-,27-,29?/m0/s1. The minimum absolute atomic E-state index is 0.0834. The Balaban J connectivity index is 1.30. The topological polar surface area (TPSA) is 94.3 Å². The van der Waals surface area contributed by atoms with Crippen LogP contribution in [0.4, 0.5) is 4.39 Å². The molecule has 3 aromatic carbocycles. The van der Waals surface area contributed by atoms with Gasteiger partial charge in [-0.25, -0.2) is 4.39 Å². The molecule has 2 aliphatic rings. The Labute approximate surface area is 242 Å². The van der Waals surface area contributed by atoms with Crippen molar-refractivity contribution >= 4 is 40.2 Å².